The molecule has 0 nitrogen and oxygen atoms in total. The molecule has 1 aliphatic rings. The van der Waals surface area contributed by atoms with Crippen molar-refractivity contribution in [3.63, 3.8) is 0 Å². The molecule has 0 atom stereocenters. The molecule has 0 aliphatic heterocycles. The average molecular weight is 369 g/mol. The molecule has 0 N–H and O–H groups in total. The second kappa shape index (κ2) is 5.43. The summed E-state index contributed by atoms with van der Waals surface area (Å²) < 4.78 is 0.811. The van der Waals surface area contributed by atoms with Gasteiger partial charge in [-0.25, -0.2) is 0 Å². The highest BCUT2D eigenvalue weighted by atomic mass is 28.4. The molecular formula is C18H40Si4. The molecular weight excluding hydrogens is 329 g/mol. The molecule has 0 spiro atoms. The molecule has 0 amide bonds. The lowest BCUT2D eigenvalue weighted by Gasteiger charge is -2.56. The van der Waals surface area contributed by atoms with Crippen molar-refractivity contribution in [2.24, 2.45) is 0 Å². The van der Waals surface area contributed by atoms with Crippen LogP contribution in [0.2, 0.25) is 87.9 Å². The highest BCUT2D eigenvalue weighted by Crippen LogP contribution is 2.59. The Morgan fingerprint density at radius 2 is 0.500 bits per heavy atom. The minimum atomic E-state index is -1.30. The zero-order valence-corrected chi connectivity index (χ0v) is 21.3. The van der Waals surface area contributed by atoms with E-state index in [4.69, 9.17) is 0 Å². The molecule has 0 saturated carbocycles. The van der Waals surface area contributed by atoms with Gasteiger partial charge in [0.25, 0.3) is 0 Å². The standard InChI is InChI=1S/C18H40Si4/c1-19(2,3)17(20(4,5)6)13-15-18(16-14-17,21(7,8)9)22(10,11)12/h13-16H,1-12H3. The van der Waals surface area contributed by atoms with E-state index in [2.05, 4.69) is 103 Å². The first-order chi connectivity index (χ1) is 9.41. The normalized spacial score (nSPS) is 22.0. The lowest BCUT2D eigenvalue weighted by Crippen LogP contribution is -2.57. The van der Waals surface area contributed by atoms with Gasteiger partial charge in [-0.3, -0.25) is 0 Å². The highest BCUT2D eigenvalue weighted by Gasteiger charge is 2.55. The molecule has 1 aliphatic carbocycles. The predicted molar refractivity (Wildman–Crippen MR) is 117 cm³/mol. The molecule has 0 aromatic heterocycles. The Hall–Kier alpha value is 0.348. The quantitative estimate of drug-likeness (QED) is 0.369. The molecule has 0 unspecified atom stereocenters. The summed E-state index contributed by atoms with van der Waals surface area (Å²) in [5, 5.41) is 0. The lowest BCUT2D eigenvalue weighted by atomic mass is 10.2. The van der Waals surface area contributed by atoms with E-state index in [1.807, 2.05) is 0 Å². The lowest BCUT2D eigenvalue weighted by molar-refractivity contribution is 0.960. The van der Waals surface area contributed by atoms with Crippen molar-refractivity contribution in [3.05, 3.63) is 24.3 Å². The van der Waals surface area contributed by atoms with Crippen molar-refractivity contribution in [1.29, 1.82) is 0 Å². The molecule has 0 heterocycles. The summed E-state index contributed by atoms with van der Waals surface area (Å²) in [6.45, 7) is 30.8. The summed E-state index contributed by atoms with van der Waals surface area (Å²) in [5.41, 5.74) is 0. The van der Waals surface area contributed by atoms with Gasteiger partial charge in [-0.1, -0.05) is 103 Å². The van der Waals surface area contributed by atoms with E-state index in [9.17, 15) is 0 Å². The summed E-state index contributed by atoms with van der Waals surface area (Å²) in [7, 11) is -5.22. The summed E-state index contributed by atoms with van der Waals surface area (Å²) >= 11 is 0. The maximum absolute atomic E-state index is 2.72. The van der Waals surface area contributed by atoms with Crippen molar-refractivity contribution < 1.29 is 0 Å². The smallest absolute Gasteiger partial charge is 0.0562 e. The third kappa shape index (κ3) is 3.00. The Kier molecular flexibility index (Phi) is 5.03. The predicted octanol–water partition coefficient (Wildman–Crippen LogP) is 7.02. The van der Waals surface area contributed by atoms with Crippen LogP contribution in [-0.4, -0.2) is 32.3 Å². The number of hydrogen-bond donors (Lipinski definition) is 0. The highest BCUT2D eigenvalue weighted by molar-refractivity contribution is 7.02. The van der Waals surface area contributed by atoms with E-state index < -0.39 is 32.3 Å². The number of rotatable bonds is 4. The Balaban J connectivity index is 3.57. The van der Waals surface area contributed by atoms with E-state index in [-0.39, 0.29) is 0 Å². The first-order valence-electron chi connectivity index (χ1n) is 8.82. The average Bonchev–Trinajstić information content (AvgIpc) is 2.22. The van der Waals surface area contributed by atoms with Gasteiger partial charge in [0, 0.05) is 0 Å². The van der Waals surface area contributed by atoms with Crippen LogP contribution in [0.1, 0.15) is 0 Å². The molecule has 0 radical (unpaired) electrons. The SMILES string of the molecule is C[Si](C)(C)C1([Si](C)(C)C)C=CC([Si](C)(C)C)([Si](C)(C)C)C=C1. The summed E-state index contributed by atoms with van der Waals surface area (Å²) in [6.07, 6.45) is 10.9. The molecule has 1 rings (SSSR count). The van der Waals surface area contributed by atoms with Crippen LogP contribution in [0.15, 0.2) is 24.3 Å². The van der Waals surface area contributed by atoms with Gasteiger partial charge in [0.2, 0.25) is 0 Å². The molecule has 0 aromatic rings. The van der Waals surface area contributed by atoms with Gasteiger partial charge in [-0.15, -0.1) is 0 Å². The molecule has 22 heavy (non-hydrogen) atoms. The van der Waals surface area contributed by atoms with Gasteiger partial charge < -0.3 is 0 Å². The third-order valence-electron chi connectivity index (χ3n) is 6.18. The molecule has 0 saturated heterocycles. The van der Waals surface area contributed by atoms with Crippen LogP contribution in [0.4, 0.5) is 0 Å². The van der Waals surface area contributed by atoms with Gasteiger partial charge in [-0.05, 0) is 9.32 Å². The van der Waals surface area contributed by atoms with Crippen LogP contribution >= 0.6 is 0 Å². The topological polar surface area (TPSA) is 0 Å². The van der Waals surface area contributed by atoms with Crippen LogP contribution in [0.5, 0.6) is 0 Å². The number of allylic oxidation sites excluding steroid dienone is 4. The zero-order valence-electron chi connectivity index (χ0n) is 17.3. The molecule has 0 aromatic carbocycles. The first-order valence-corrected chi connectivity index (χ1v) is 22.8. The largest absolute Gasteiger partial charge is 0.0837 e. The van der Waals surface area contributed by atoms with Crippen LogP contribution < -0.4 is 0 Å². The molecule has 128 valence electrons. The number of hydrogen-bond acceptors (Lipinski definition) is 0. The second-order valence-electron chi connectivity index (χ2n) is 11.4. The van der Waals surface area contributed by atoms with Crippen molar-refractivity contribution in [1.82, 2.24) is 0 Å². The fourth-order valence-corrected chi connectivity index (χ4v) is 27.6. The Bertz CT molecular complexity index is 383. The van der Waals surface area contributed by atoms with E-state index in [1.165, 1.54) is 0 Å². The Labute approximate surface area is 144 Å². The first kappa shape index (κ1) is 20.4. The fourth-order valence-electron chi connectivity index (χ4n) is 4.89. The minimum absolute atomic E-state index is 0.406. The maximum Gasteiger partial charge on any atom is 0.0562 e. The van der Waals surface area contributed by atoms with Crippen LogP contribution in [0.25, 0.3) is 0 Å². The fraction of sp³-hybridized carbons (Fsp3) is 0.778. The van der Waals surface area contributed by atoms with Gasteiger partial charge in [0.05, 0.1) is 32.3 Å². The van der Waals surface area contributed by atoms with Crippen LogP contribution in [-0.2, 0) is 0 Å². The second-order valence-corrected chi connectivity index (χ2v) is 33.7. The van der Waals surface area contributed by atoms with Gasteiger partial charge in [-0.2, -0.15) is 0 Å². The van der Waals surface area contributed by atoms with Gasteiger partial charge >= 0.3 is 0 Å². The molecule has 4 heteroatoms. The molecule has 0 fully saturated rings. The van der Waals surface area contributed by atoms with Crippen LogP contribution in [0.3, 0.4) is 0 Å². The van der Waals surface area contributed by atoms with E-state index >= 15 is 0 Å². The van der Waals surface area contributed by atoms with Gasteiger partial charge in [0.15, 0.2) is 0 Å². The zero-order chi connectivity index (χ0) is 17.8. The van der Waals surface area contributed by atoms with Crippen molar-refractivity contribution in [3.8, 4) is 0 Å². The van der Waals surface area contributed by atoms with Crippen LogP contribution in [0, 0.1) is 0 Å². The monoisotopic (exact) mass is 368 g/mol. The van der Waals surface area contributed by atoms with E-state index in [1.54, 1.807) is 0 Å². The summed E-state index contributed by atoms with van der Waals surface area (Å²) in [5.74, 6) is 0. The van der Waals surface area contributed by atoms with E-state index in [0.717, 1.165) is 0 Å². The summed E-state index contributed by atoms with van der Waals surface area (Å²) in [4.78, 5) is 0. The van der Waals surface area contributed by atoms with E-state index in [0.29, 0.717) is 9.32 Å². The third-order valence-corrected chi connectivity index (χ3v) is 26.4. The Morgan fingerprint density at radius 1 is 0.364 bits per heavy atom. The molecule has 0 bridgehead atoms. The van der Waals surface area contributed by atoms with Crippen molar-refractivity contribution >= 4 is 32.3 Å². The van der Waals surface area contributed by atoms with Gasteiger partial charge in [0.1, 0.15) is 0 Å². The summed E-state index contributed by atoms with van der Waals surface area (Å²) in [6, 6.07) is 0. The maximum atomic E-state index is 2.72. The van der Waals surface area contributed by atoms with Crippen molar-refractivity contribution in [2.45, 2.75) is 87.9 Å². The minimum Gasteiger partial charge on any atom is -0.0837 e. The Morgan fingerprint density at radius 3 is 0.591 bits per heavy atom. The van der Waals surface area contributed by atoms with Crippen molar-refractivity contribution in [2.75, 3.05) is 0 Å².